The van der Waals surface area contributed by atoms with Gasteiger partial charge in [-0.15, -0.1) is 29.3 Å². The lowest BCUT2D eigenvalue weighted by Crippen LogP contribution is -2.24. The Hall–Kier alpha value is -2.33. The fourth-order valence-corrected chi connectivity index (χ4v) is 4.99. The van der Waals surface area contributed by atoms with E-state index in [9.17, 15) is 13.2 Å². The molecule has 0 aliphatic rings. The number of carbonyl (C=O) groups is 1. The highest BCUT2D eigenvalue weighted by molar-refractivity contribution is 7.89. The van der Waals surface area contributed by atoms with Gasteiger partial charge in [-0.3, -0.25) is 4.79 Å². The third kappa shape index (κ3) is 4.93. The van der Waals surface area contributed by atoms with Crippen LogP contribution < -0.4 is 10.0 Å². The van der Waals surface area contributed by atoms with E-state index in [0.717, 1.165) is 20.5 Å². The number of thiophene rings is 1. The molecule has 1 amide bonds. The van der Waals surface area contributed by atoms with Gasteiger partial charge in [0, 0.05) is 22.4 Å². The number of hydrogen-bond donors (Lipinski definition) is 2. The molecule has 0 aliphatic carbocycles. The number of aromatic nitrogens is 1. The number of nitrogens with one attached hydrogen (secondary N) is 2. The Morgan fingerprint density at radius 1 is 1.21 bits per heavy atom. The Kier molecular flexibility index (Phi) is 6.40. The van der Waals surface area contributed by atoms with Gasteiger partial charge in [-0.1, -0.05) is 6.08 Å². The summed E-state index contributed by atoms with van der Waals surface area (Å²) in [6.45, 7) is 5.99. The molecule has 0 unspecified atom stereocenters. The number of sulfonamides is 1. The molecule has 0 radical (unpaired) electrons. The van der Waals surface area contributed by atoms with Gasteiger partial charge in [-0.25, -0.2) is 18.1 Å². The second kappa shape index (κ2) is 8.78. The molecule has 28 heavy (non-hydrogen) atoms. The highest BCUT2D eigenvalue weighted by Gasteiger charge is 2.14. The molecule has 6 nitrogen and oxygen atoms in total. The number of benzene rings is 1. The molecule has 0 saturated heterocycles. The zero-order chi connectivity index (χ0) is 20.1. The Morgan fingerprint density at radius 3 is 2.61 bits per heavy atom. The fraction of sp³-hybridized carbons (Fsp3) is 0.158. The number of hydrogen-bond acceptors (Lipinski definition) is 6. The molecule has 0 fully saturated rings. The van der Waals surface area contributed by atoms with Crippen LogP contribution in [0.3, 0.4) is 0 Å². The SMILES string of the molecule is C=CCNS(=O)(=O)c1ccc(C(=O)NCc2ccc(-c3csc(C)n3)s2)cc1. The zero-order valence-corrected chi connectivity index (χ0v) is 17.6. The Bertz CT molecular complexity index is 1080. The summed E-state index contributed by atoms with van der Waals surface area (Å²) in [5.41, 5.74) is 1.35. The molecule has 0 bridgehead atoms. The van der Waals surface area contributed by atoms with Crippen LogP contribution in [0.4, 0.5) is 0 Å². The average Bonchev–Trinajstić information content (AvgIpc) is 3.33. The van der Waals surface area contributed by atoms with Crippen molar-refractivity contribution in [2.75, 3.05) is 6.54 Å². The Morgan fingerprint density at radius 2 is 1.96 bits per heavy atom. The van der Waals surface area contributed by atoms with Gasteiger partial charge in [0.1, 0.15) is 0 Å². The normalized spacial score (nSPS) is 11.3. The van der Waals surface area contributed by atoms with Crippen LogP contribution in [0.1, 0.15) is 20.2 Å². The van der Waals surface area contributed by atoms with Gasteiger partial charge >= 0.3 is 0 Å². The highest BCUT2D eigenvalue weighted by Crippen LogP contribution is 2.29. The zero-order valence-electron chi connectivity index (χ0n) is 15.1. The number of nitrogens with zero attached hydrogens (tertiary/aromatic N) is 1. The summed E-state index contributed by atoms with van der Waals surface area (Å²) < 4.78 is 26.5. The van der Waals surface area contributed by atoms with E-state index in [2.05, 4.69) is 21.6 Å². The Labute approximate surface area is 172 Å². The maximum absolute atomic E-state index is 12.3. The van der Waals surface area contributed by atoms with E-state index in [1.54, 1.807) is 22.7 Å². The fourth-order valence-electron chi connectivity index (χ4n) is 2.39. The van der Waals surface area contributed by atoms with E-state index >= 15 is 0 Å². The largest absolute Gasteiger partial charge is 0.347 e. The van der Waals surface area contributed by atoms with E-state index in [-0.39, 0.29) is 17.3 Å². The molecule has 3 rings (SSSR count). The van der Waals surface area contributed by atoms with Gasteiger partial charge in [-0.05, 0) is 43.3 Å². The summed E-state index contributed by atoms with van der Waals surface area (Å²) in [4.78, 5) is 19.0. The molecule has 146 valence electrons. The first-order valence-electron chi connectivity index (χ1n) is 8.39. The maximum atomic E-state index is 12.3. The van der Waals surface area contributed by atoms with Crippen LogP contribution in [0.25, 0.3) is 10.6 Å². The number of aryl methyl sites for hydroxylation is 1. The first kappa shape index (κ1) is 20.4. The van der Waals surface area contributed by atoms with Gasteiger partial charge in [0.2, 0.25) is 10.0 Å². The van der Waals surface area contributed by atoms with Crippen LogP contribution in [-0.2, 0) is 16.6 Å². The molecular formula is C19H19N3O3S3. The predicted octanol–water partition coefficient (Wildman–Crippen LogP) is 3.57. The van der Waals surface area contributed by atoms with Gasteiger partial charge in [-0.2, -0.15) is 0 Å². The lowest BCUT2D eigenvalue weighted by atomic mass is 10.2. The molecule has 9 heteroatoms. The van der Waals surface area contributed by atoms with Crippen molar-refractivity contribution in [2.24, 2.45) is 0 Å². The maximum Gasteiger partial charge on any atom is 0.251 e. The minimum atomic E-state index is -3.60. The van der Waals surface area contributed by atoms with Crippen LogP contribution in [0.2, 0.25) is 0 Å². The first-order chi connectivity index (χ1) is 13.4. The molecule has 0 saturated carbocycles. The number of rotatable bonds is 8. The van der Waals surface area contributed by atoms with Crippen LogP contribution >= 0.6 is 22.7 Å². The van der Waals surface area contributed by atoms with E-state index in [4.69, 9.17) is 0 Å². The summed E-state index contributed by atoms with van der Waals surface area (Å²) in [5.74, 6) is -0.262. The molecule has 3 aromatic rings. The van der Waals surface area contributed by atoms with Crippen LogP contribution in [0, 0.1) is 6.92 Å². The van der Waals surface area contributed by atoms with E-state index in [1.807, 2.05) is 24.4 Å². The smallest absolute Gasteiger partial charge is 0.251 e. The van der Waals surface area contributed by atoms with Crippen molar-refractivity contribution in [3.63, 3.8) is 0 Å². The van der Waals surface area contributed by atoms with Crippen molar-refractivity contribution in [1.82, 2.24) is 15.0 Å². The van der Waals surface area contributed by atoms with Crippen molar-refractivity contribution in [1.29, 1.82) is 0 Å². The van der Waals surface area contributed by atoms with E-state index in [1.165, 1.54) is 30.3 Å². The molecular weight excluding hydrogens is 414 g/mol. The third-order valence-electron chi connectivity index (χ3n) is 3.80. The molecule has 0 aliphatic heterocycles. The Balaban J connectivity index is 1.61. The quantitative estimate of drug-likeness (QED) is 0.532. The molecule has 0 atom stereocenters. The predicted molar refractivity (Wildman–Crippen MR) is 113 cm³/mol. The number of thiazole rings is 1. The monoisotopic (exact) mass is 433 g/mol. The van der Waals surface area contributed by atoms with Crippen LogP contribution in [0.5, 0.6) is 0 Å². The molecule has 2 aromatic heterocycles. The van der Waals surface area contributed by atoms with Gasteiger partial charge < -0.3 is 5.32 Å². The lowest BCUT2D eigenvalue weighted by Gasteiger charge is -2.07. The van der Waals surface area contributed by atoms with Crippen LogP contribution in [-0.4, -0.2) is 25.9 Å². The van der Waals surface area contributed by atoms with Crippen molar-refractivity contribution in [3.05, 3.63) is 69.9 Å². The summed E-state index contributed by atoms with van der Waals surface area (Å²) in [7, 11) is -3.60. The minimum Gasteiger partial charge on any atom is -0.347 e. The van der Waals surface area contributed by atoms with Crippen molar-refractivity contribution >= 4 is 38.6 Å². The average molecular weight is 434 g/mol. The van der Waals surface area contributed by atoms with Gasteiger partial charge in [0.05, 0.1) is 27.0 Å². The van der Waals surface area contributed by atoms with Gasteiger partial charge in [0.15, 0.2) is 0 Å². The number of amides is 1. The summed E-state index contributed by atoms with van der Waals surface area (Å²) in [6.07, 6.45) is 1.46. The second-order valence-electron chi connectivity index (χ2n) is 5.87. The molecule has 0 spiro atoms. The van der Waals surface area contributed by atoms with Crippen molar-refractivity contribution < 1.29 is 13.2 Å². The summed E-state index contributed by atoms with van der Waals surface area (Å²) >= 11 is 3.19. The third-order valence-corrected chi connectivity index (χ3v) is 7.12. The molecule has 2 heterocycles. The topological polar surface area (TPSA) is 88.2 Å². The number of carbonyl (C=O) groups excluding carboxylic acids is 1. The summed E-state index contributed by atoms with van der Waals surface area (Å²) in [5, 5.41) is 5.89. The van der Waals surface area contributed by atoms with Crippen molar-refractivity contribution in [3.8, 4) is 10.6 Å². The first-order valence-corrected chi connectivity index (χ1v) is 11.6. The van der Waals surface area contributed by atoms with E-state index in [0.29, 0.717) is 12.1 Å². The van der Waals surface area contributed by atoms with Crippen molar-refractivity contribution in [2.45, 2.75) is 18.4 Å². The standard InChI is InChI=1S/C19H19N3O3S3/c1-3-10-21-28(24,25)16-7-4-14(5-8-16)19(23)20-11-15-6-9-18(27-15)17-12-26-13(2)22-17/h3-9,12,21H,1,10-11H2,2H3,(H,20,23). The van der Waals surface area contributed by atoms with Crippen LogP contribution in [0.15, 0.2) is 59.3 Å². The summed E-state index contributed by atoms with van der Waals surface area (Å²) in [6, 6.07) is 9.78. The minimum absolute atomic E-state index is 0.104. The second-order valence-corrected chi connectivity index (χ2v) is 9.86. The van der Waals surface area contributed by atoms with Gasteiger partial charge in [0.25, 0.3) is 5.91 Å². The molecule has 1 aromatic carbocycles. The molecule has 2 N–H and O–H groups in total. The van der Waals surface area contributed by atoms with E-state index < -0.39 is 10.0 Å². The highest BCUT2D eigenvalue weighted by atomic mass is 32.2. The lowest BCUT2D eigenvalue weighted by molar-refractivity contribution is 0.0951.